The van der Waals surface area contributed by atoms with E-state index in [1.165, 1.54) is 13.2 Å². The van der Waals surface area contributed by atoms with Gasteiger partial charge < -0.3 is 14.2 Å². The number of amides is 4. The SMILES string of the molecule is COc1cc(/C=C2\C(=O)NC(=O)N(c3ccc(OCc4ccccc4Cl)cc3)C2=O)cc(Cl)c1OCc1cccc2ccccc12. The Balaban J connectivity index is 1.21. The monoisotopic (exact) mass is 652 g/mol. The summed E-state index contributed by atoms with van der Waals surface area (Å²) < 4.78 is 17.4. The molecule has 1 aliphatic heterocycles. The van der Waals surface area contributed by atoms with Gasteiger partial charge in [-0.2, -0.15) is 0 Å². The third-order valence-electron chi connectivity index (χ3n) is 7.36. The lowest BCUT2D eigenvalue weighted by atomic mass is 10.1. The Morgan fingerprint density at radius 1 is 0.761 bits per heavy atom. The number of imide groups is 2. The molecular weight excluding hydrogens is 627 g/mol. The van der Waals surface area contributed by atoms with Crippen LogP contribution >= 0.6 is 23.2 Å². The van der Waals surface area contributed by atoms with Crippen molar-refractivity contribution in [3.63, 3.8) is 0 Å². The molecule has 0 atom stereocenters. The van der Waals surface area contributed by atoms with E-state index in [-0.39, 0.29) is 29.5 Å². The fourth-order valence-electron chi connectivity index (χ4n) is 5.06. The van der Waals surface area contributed by atoms with Crippen molar-refractivity contribution in [2.24, 2.45) is 0 Å². The number of hydrogen-bond donors (Lipinski definition) is 1. The molecule has 230 valence electrons. The molecule has 4 amide bonds. The molecule has 5 aromatic rings. The highest BCUT2D eigenvalue weighted by atomic mass is 35.5. The first kappa shape index (κ1) is 30.7. The van der Waals surface area contributed by atoms with Crippen LogP contribution in [0.1, 0.15) is 16.7 Å². The van der Waals surface area contributed by atoms with Crippen LogP contribution in [0, 0.1) is 0 Å². The van der Waals surface area contributed by atoms with Gasteiger partial charge in [0.2, 0.25) is 0 Å². The predicted octanol–water partition coefficient (Wildman–Crippen LogP) is 7.98. The highest BCUT2D eigenvalue weighted by Crippen LogP contribution is 2.38. The zero-order chi connectivity index (χ0) is 32.2. The minimum Gasteiger partial charge on any atom is -0.493 e. The number of hydrogen-bond acceptors (Lipinski definition) is 6. The molecule has 1 N–H and O–H groups in total. The van der Waals surface area contributed by atoms with E-state index in [2.05, 4.69) is 5.32 Å². The second-order valence-electron chi connectivity index (χ2n) is 10.3. The molecule has 0 radical (unpaired) electrons. The van der Waals surface area contributed by atoms with E-state index in [1.54, 1.807) is 42.5 Å². The zero-order valence-corrected chi connectivity index (χ0v) is 26.0. The predicted molar refractivity (Wildman–Crippen MR) is 178 cm³/mol. The molecule has 0 saturated carbocycles. The largest absolute Gasteiger partial charge is 0.493 e. The van der Waals surface area contributed by atoms with Crippen LogP contribution in [0.15, 0.2) is 109 Å². The Morgan fingerprint density at radius 2 is 1.46 bits per heavy atom. The number of nitrogens with one attached hydrogen (secondary N) is 1. The van der Waals surface area contributed by atoms with E-state index in [0.29, 0.717) is 27.8 Å². The van der Waals surface area contributed by atoms with Crippen molar-refractivity contribution < 1.29 is 28.6 Å². The summed E-state index contributed by atoms with van der Waals surface area (Å²) in [6, 6.07) is 29.9. The van der Waals surface area contributed by atoms with Gasteiger partial charge in [-0.05, 0) is 70.4 Å². The maximum Gasteiger partial charge on any atom is 0.335 e. The fourth-order valence-corrected chi connectivity index (χ4v) is 5.52. The number of carbonyl (C=O) groups is 3. The van der Waals surface area contributed by atoms with E-state index in [9.17, 15) is 14.4 Å². The first-order valence-corrected chi connectivity index (χ1v) is 14.9. The highest BCUT2D eigenvalue weighted by Gasteiger charge is 2.37. The van der Waals surface area contributed by atoms with Crippen molar-refractivity contribution in [1.29, 1.82) is 0 Å². The number of benzene rings is 5. The summed E-state index contributed by atoms with van der Waals surface area (Å²) in [5, 5.41) is 5.17. The minimum absolute atomic E-state index is 0.218. The second kappa shape index (κ2) is 13.4. The smallest absolute Gasteiger partial charge is 0.335 e. The third-order valence-corrected chi connectivity index (χ3v) is 8.01. The van der Waals surface area contributed by atoms with E-state index in [0.717, 1.165) is 26.8 Å². The van der Waals surface area contributed by atoms with Gasteiger partial charge >= 0.3 is 6.03 Å². The molecule has 0 spiro atoms. The van der Waals surface area contributed by atoms with Crippen LogP contribution in [0.2, 0.25) is 10.0 Å². The van der Waals surface area contributed by atoms with Crippen LogP contribution < -0.4 is 24.4 Å². The van der Waals surface area contributed by atoms with Crippen molar-refractivity contribution >= 4 is 63.6 Å². The molecule has 0 aromatic heterocycles. The number of halogens is 2. The number of ether oxygens (including phenoxy) is 3. The van der Waals surface area contributed by atoms with Crippen LogP contribution in [0.5, 0.6) is 17.2 Å². The Bertz CT molecular complexity index is 2000. The van der Waals surface area contributed by atoms with Gasteiger partial charge in [0, 0.05) is 10.6 Å². The molecular formula is C36H26Cl2N2O6. The molecule has 0 unspecified atom stereocenters. The number of carbonyl (C=O) groups excluding carboxylic acids is 3. The highest BCUT2D eigenvalue weighted by molar-refractivity contribution is 6.39. The first-order valence-electron chi connectivity index (χ1n) is 14.2. The molecule has 10 heteroatoms. The van der Waals surface area contributed by atoms with Crippen LogP contribution in [-0.4, -0.2) is 25.0 Å². The minimum atomic E-state index is -0.871. The fraction of sp³-hybridized carbons (Fsp3) is 0.0833. The van der Waals surface area contributed by atoms with Gasteiger partial charge in [0.15, 0.2) is 11.5 Å². The summed E-state index contributed by atoms with van der Waals surface area (Å²) in [5.41, 5.74) is 2.17. The standard InChI is InChI=1S/C36H26Cl2N2O6/c1-44-32-19-22(18-31(38)33(32)46-20-24-10-6-9-23-7-2-4-11-28(23)24)17-29-34(41)39-36(43)40(35(29)42)26-13-15-27(16-14-26)45-21-25-8-3-5-12-30(25)37/h2-19H,20-21H2,1H3,(H,39,41,43)/b29-17+. The number of methoxy groups -OCH3 is 1. The summed E-state index contributed by atoms with van der Waals surface area (Å²) in [6.45, 7) is 0.474. The number of nitrogens with zero attached hydrogens (tertiary/aromatic N) is 1. The van der Waals surface area contributed by atoms with Crippen LogP contribution in [0.4, 0.5) is 10.5 Å². The topological polar surface area (TPSA) is 94.2 Å². The van der Waals surface area contributed by atoms with Gasteiger partial charge in [-0.25, -0.2) is 9.69 Å². The normalized spacial score (nSPS) is 14.0. The third kappa shape index (κ3) is 6.40. The maximum absolute atomic E-state index is 13.5. The Kier molecular flexibility index (Phi) is 8.92. The van der Waals surface area contributed by atoms with Crippen molar-refractivity contribution in [1.82, 2.24) is 5.32 Å². The van der Waals surface area contributed by atoms with Crippen molar-refractivity contribution in [2.75, 3.05) is 12.0 Å². The first-order chi connectivity index (χ1) is 22.3. The summed E-state index contributed by atoms with van der Waals surface area (Å²) in [4.78, 5) is 39.9. The number of fused-ring (bicyclic) bond motifs is 1. The van der Waals surface area contributed by atoms with Crippen molar-refractivity contribution in [3.05, 3.63) is 135 Å². The van der Waals surface area contributed by atoms with Gasteiger partial charge in [0.05, 0.1) is 17.8 Å². The van der Waals surface area contributed by atoms with Crippen LogP contribution in [0.25, 0.3) is 16.8 Å². The van der Waals surface area contributed by atoms with Gasteiger partial charge in [-0.3, -0.25) is 14.9 Å². The molecule has 1 saturated heterocycles. The average Bonchev–Trinajstić information content (AvgIpc) is 3.06. The lowest BCUT2D eigenvalue weighted by Gasteiger charge is -2.26. The Labute approximate surface area is 274 Å². The van der Waals surface area contributed by atoms with E-state index in [4.69, 9.17) is 37.4 Å². The van der Waals surface area contributed by atoms with Crippen molar-refractivity contribution in [3.8, 4) is 17.2 Å². The number of barbiturate groups is 1. The molecule has 1 aliphatic rings. The lowest BCUT2D eigenvalue weighted by Crippen LogP contribution is -2.54. The maximum atomic E-state index is 13.5. The van der Waals surface area contributed by atoms with Crippen LogP contribution in [-0.2, 0) is 22.8 Å². The van der Waals surface area contributed by atoms with E-state index >= 15 is 0 Å². The number of anilines is 1. The van der Waals surface area contributed by atoms with Crippen LogP contribution in [0.3, 0.4) is 0 Å². The lowest BCUT2D eigenvalue weighted by molar-refractivity contribution is -0.122. The number of urea groups is 1. The zero-order valence-electron chi connectivity index (χ0n) is 24.5. The molecule has 5 aromatic carbocycles. The molecule has 1 fully saturated rings. The Hall–Kier alpha value is -5.31. The molecule has 8 nitrogen and oxygen atoms in total. The van der Waals surface area contributed by atoms with Gasteiger partial charge in [-0.1, -0.05) is 83.9 Å². The summed E-state index contributed by atoms with van der Waals surface area (Å²) in [5.74, 6) is -0.511. The quantitative estimate of drug-likeness (QED) is 0.128. The van der Waals surface area contributed by atoms with E-state index < -0.39 is 17.8 Å². The molecule has 0 bridgehead atoms. The van der Waals surface area contributed by atoms with Gasteiger partial charge in [0.25, 0.3) is 11.8 Å². The van der Waals surface area contributed by atoms with Crippen molar-refractivity contribution in [2.45, 2.75) is 13.2 Å². The molecule has 46 heavy (non-hydrogen) atoms. The second-order valence-corrected chi connectivity index (χ2v) is 11.1. The average molecular weight is 654 g/mol. The molecule has 6 rings (SSSR count). The summed E-state index contributed by atoms with van der Waals surface area (Å²) in [6.07, 6.45) is 1.35. The summed E-state index contributed by atoms with van der Waals surface area (Å²) in [7, 11) is 1.47. The molecule has 0 aliphatic carbocycles. The summed E-state index contributed by atoms with van der Waals surface area (Å²) >= 11 is 12.8. The number of rotatable bonds is 9. The van der Waals surface area contributed by atoms with Gasteiger partial charge in [-0.15, -0.1) is 0 Å². The molecule has 1 heterocycles. The van der Waals surface area contributed by atoms with E-state index in [1.807, 2.05) is 60.7 Å². The Morgan fingerprint density at radius 3 is 2.24 bits per heavy atom. The van der Waals surface area contributed by atoms with Gasteiger partial charge in [0.1, 0.15) is 24.5 Å².